The number of hydrogen-bond donors (Lipinski definition) is 0. The molecule has 0 saturated carbocycles. The average Bonchev–Trinajstić information content (AvgIpc) is 4.06. The van der Waals surface area contributed by atoms with E-state index in [0.717, 1.165) is 40.5 Å². The summed E-state index contributed by atoms with van der Waals surface area (Å²) in [5.74, 6) is 0. The summed E-state index contributed by atoms with van der Waals surface area (Å²) in [5, 5.41) is 7.35. The first kappa shape index (κ1) is 35.3. The molecule has 300 valence electrons. The number of para-hydroxylation sites is 1. The van der Waals surface area contributed by atoms with Gasteiger partial charge >= 0.3 is 0 Å². The molecule has 0 unspecified atom stereocenters. The van der Waals surface area contributed by atoms with Gasteiger partial charge in [-0.1, -0.05) is 125 Å². The second-order valence-electron chi connectivity index (χ2n) is 19.2. The first-order valence-corrected chi connectivity index (χ1v) is 22.5. The molecule has 3 heteroatoms. The minimum atomic E-state index is -0.0784. The summed E-state index contributed by atoms with van der Waals surface area (Å²) in [6.45, 7) is 9.49. The van der Waals surface area contributed by atoms with Crippen LogP contribution in [0, 0.1) is 0 Å². The third-order valence-electron chi connectivity index (χ3n) is 15.1. The Labute approximate surface area is 365 Å². The van der Waals surface area contributed by atoms with E-state index in [1.165, 1.54) is 105 Å². The summed E-state index contributed by atoms with van der Waals surface area (Å²) >= 11 is 0. The summed E-state index contributed by atoms with van der Waals surface area (Å²) in [5.41, 5.74) is 22.2. The van der Waals surface area contributed by atoms with Gasteiger partial charge < -0.3 is 13.6 Å². The van der Waals surface area contributed by atoms with Crippen molar-refractivity contribution in [2.75, 3.05) is 0 Å². The Bertz CT molecular complexity index is 3910. The van der Waals surface area contributed by atoms with Gasteiger partial charge in [0.25, 0.3) is 0 Å². The molecule has 0 aliphatic heterocycles. The fourth-order valence-electron chi connectivity index (χ4n) is 12.0. The highest BCUT2D eigenvalue weighted by atomic mass is 16.3. The maximum Gasteiger partial charge on any atom is 0.137 e. The Balaban J connectivity index is 0.992. The second kappa shape index (κ2) is 12.2. The van der Waals surface area contributed by atoms with Gasteiger partial charge in [0.2, 0.25) is 0 Å². The van der Waals surface area contributed by atoms with Gasteiger partial charge in [-0.2, -0.15) is 0 Å². The fraction of sp³-hybridized carbons (Fsp3) is 0.133. The highest BCUT2D eigenvalue weighted by Crippen LogP contribution is 2.53. The Hall–Kier alpha value is -7.36. The number of furan rings is 1. The van der Waals surface area contributed by atoms with Crippen molar-refractivity contribution in [1.29, 1.82) is 0 Å². The molecule has 14 rings (SSSR count). The maximum atomic E-state index is 6.71. The molecule has 3 heterocycles. The maximum absolute atomic E-state index is 6.71. The summed E-state index contributed by atoms with van der Waals surface area (Å²) in [6, 6.07) is 57.1. The van der Waals surface area contributed by atoms with Crippen LogP contribution >= 0.6 is 0 Å². The van der Waals surface area contributed by atoms with Crippen molar-refractivity contribution in [2.24, 2.45) is 0 Å². The standard InChI is InChI=1S/C60H44N2O/c1-59(2)48-21-12-9-18-39(48)42-33-54-45(32-49(42)59)40-19-10-13-22-51(40)62(54)53-23-14-24-57-58(53)46-30-36(26-28-56(46)63-57)35-25-27-52-43(29-35)44-31-41-38-17-8-11-20-47(38)60(3,4)50(41)34-55(44)61(52)37-15-6-5-7-16-37/h6,8-34H,5,7H2,1-4H3. The monoisotopic (exact) mass is 808 g/mol. The lowest BCUT2D eigenvalue weighted by Crippen LogP contribution is -2.15. The SMILES string of the molecule is CC1(C)c2ccccc2-c2cc3c(cc21)c1ccccc1n3-c1cccc2oc3ccc(-c4ccc5c(c4)c4cc6c(cc4n5C4=CCCC=C4)C(C)(C)c4ccccc4-6)cc3c12. The van der Waals surface area contributed by atoms with E-state index < -0.39 is 0 Å². The lowest BCUT2D eigenvalue weighted by Gasteiger charge is -2.22. The summed E-state index contributed by atoms with van der Waals surface area (Å²) < 4.78 is 11.7. The third-order valence-corrected chi connectivity index (χ3v) is 15.1. The Kier molecular flexibility index (Phi) is 6.81. The minimum Gasteiger partial charge on any atom is -0.456 e. The highest BCUT2D eigenvalue weighted by Gasteiger charge is 2.38. The molecule has 0 saturated heterocycles. The molecule has 0 atom stereocenters. The summed E-state index contributed by atoms with van der Waals surface area (Å²) in [4.78, 5) is 0. The van der Waals surface area contributed by atoms with E-state index in [1.807, 2.05) is 0 Å². The molecule has 3 aliphatic rings. The van der Waals surface area contributed by atoms with E-state index in [4.69, 9.17) is 4.42 Å². The molecule has 0 radical (unpaired) electrons. The minimum absolute atomic E-state index is 0.0768. The topological polar surface area (TPSA) is 23.0 Å². The van der Waals surface area contributed by atoms with Crippen LogP contribution in [0.15, 0.2) is 174 Å². The molecule has 8 aromatic carbocycles. The number of fused-ring (bicyclic) bond motifs is 15. The molecule has 3 nitrogen and oxygen atoms in total. The van der Waals surface area contributed by atoms with Gasteiger partial charge in [0.15, 0.2) is 0 Å². The lowest BCUT2D eigenvalue weighted by molar-refractivity contribution is 0.661. The normalized spacial score (nSPS) is 15.8. The van der Waals surface area contributed by atoms with Crippen molar-refractivity contribution in [3.8, 4) is 39.1 Å². The zero-order valence-corrected chi connectivity index (χ0v) is 35.9. The largest absolute Gasteiger partial charge is 0.456 e. The van der Waals surface area contributed by atoms with Crippen LogP contribution < -0.4 is 0 Å². The molecular formula is C60H44N2O. The van der Waals surface area contributed by atoms with Crippen LogP contribution in [0.25, 0.3) is 110 Å². The molecule has 63 heavy (non-hydrogen) atoms. The van der Waals surface area contributed by atoms with Crippen molar-refractivity contribution in [3.05, 3.63) is 192 Å². The van der Waals surface area contributed by atoms with Gasteiger partial charge in [-0.15, -0.1) is 0 Å². The van der Waals surface area contributed by atoms with Crippen LogP contribution in [-0.4, -0.2) is 9.13 Å². The number of rotatable bonds is 3. The molecule has 3 aromatic heterocycles. The van der Waals surface area contributed by atoms with E-state index in [9.17, 15) is 0 Å². The van der Waals surface area contributed by atoms with Crippen LogP contribution in [0.2, 0.25) is 0 Å². The van der Waals surface area contributed by atoms with Gasteiger partial charge in [0.1, 0.15) is 11.2 Å². The number of aromatic nitrogens is 2. The van der Waals surface area contributed by atoms with E-state index in [-0.39, 0.29) is 10.8 Å². The van der Waals surface area contributed by atoms with Crippen molar-refractivity contribution >= 4 is 71.2 Å². The zero-order chi connectivity index (χ0) is 41.9. The van der Waals surface area contributed by atoms with Crippen LogP contribution in [0.1, 0.15) is 62.8 Å². The Morgan fingerprint density at radius 1 is 0.429 bits per heavy atom. The van der Waals surface area contributed by atoms with E-state index in [2.05, 4.69) is 207 Å². The predicted octanol–water partition coefficient (Wildman–Crippen LogP) is 16.3. The van der Waals surface area contributed by atoms with Gasteiger partial charge in [0.05, 0.1) is 33.1 Å². The van der Waals surface area contributed by atoms with Gasteiger partial charge in [-0.25, -0.2) is 0 Å². The Morgan fingerprint density at radius 3 is 1.84 bits per heavy atom. The van der Waals surface area contributed by atoms with E-state index >= 15 is 0 Å². The lowest BCUT2D eigenvalue weighted by atomic mass is 9.82. The second-order valence-corrected chi connectivity index (χ2v) is 19.2. The molecular weight excluding hydrogens is 765 g/mol. The van der Waals surface area contributed by atoms with Crippen molar-refractivity contribution in [2.45, 2.75) is 51.4 Å². The molecule has 0 spiro atoms. The van der Waals surface area contributed by atoms with Gasteiger partial charge in [-0.05, 0) is 141 Å². The molecule has 11 aromatic rings. The average molecular weight is 809 g/mol. The van der Waals surface area contributed by atoms with Crippen molar-refractivity contribution in [3.63, 3.8) is 0 Å². The van der Waals surface area contributed by atoms with Crippen LogP contribution in [-0.2, 0) is 10.8 Å². The van der Waals surface area contributed by atoms with Crippen molar-refractivity contribution < 1.29 is 4.42 Å². The van der Waals surface area contributed by atoms with Gasteiger partial charge in [0, 0.05) is 43.5 Å². The fourth-order valence-corrected chi connectivity index (χ4v) is 12.0. The van der Waals surface area contributed by atoms with E-state index in [0.29, 0.717) is 0 Å². The first-order chi connectivity index (χ1) is 30.8. The zero-order valence-electron chi connectivity index (χ0n) is 35.9. The molecule has 0 N–H and O–H groups in total. The first-order valence-electron chi connectivity index (χ1n) is 22.5. The Morgan fingerprint density at radius 2 is 1.06 bits per heavy atom. The molecule has 0 amide bonds. The van der Waals surface area contributed by atoms with Crippen molar-refractivity contribution in [1.82, 2.24) is 9.13 Å². The molecule has 0 fully saturated rings. The van der Waals surface area contributed by atoms with Gasteiger partial charge in [-0.3, -0.25) is 0 Å². The number of hydrogen-bond acceptors (Lipinski definition) is 1. The number of benzene rings is 8. The molecule has 0 bridgehead atoms. The van der Waals surface area contributed by atoms with Crippen LogP contribution in [0.4, 0.5) is 0 Å². The van der Waals surface area contributed by atoms with Crippen LogP contribution in [0.5, 0.6) is 0 Å². The number of nitrogens with zero attached hydrogens (tertiary/aromatic N) is 2. The smallest absolute Gasteiger partial charge is 0.137 e. The van der Waals surface area contributed by atoms with Crippen LogP contribution in [0.3, 0.4) is 0 Å². The predicted molar refractivity (Wildman–Crippen MR) is 264 cm³/mol. The summed E-state index contributed by atoms with van der Waals surface area (Å²) in [7, 11) is 0. The summed E-state index contributed by atoms with van der Waals surface area (Å²) in [6.07, 6.45) is 9.17. The third kappa shape index (κ3) is 4.59. The number of allylic oxidation sites excluding steroid dienone is 4. The highest BCUT2D eigenvalue weighted by molar-refractivity contribution is 6.17. The quantitative estimate of drug-likeness (QED) is 0.174. The van der Waals surface area contributed by atoms with E-state index in [1.54, 1.807) is 0 Å². The molecule has 3 aliphatic carbocycles.